The fraction of sp³-hybridized carbons (Fsp3) is 0.200. The van der Waals surface area contributed by atoms with E-state index in [0.29, 0.717) is 11.3 Å². The Morgan fingerprint density at radius 3 is 2.48 bits per heavy atom. The predicted molar refractivity (Wildman–Crippen MR) is 90.8 cm³/mol. The van der Waals surface area contributed by atoms with Crippen molar-refractivity contribution in [1.82, 2.24) is 0 Å². The van der Waals surface area contributed by atoms with Crippen LogP contribution in [-0.4, -0.2) is 24.8 Å². The van der Waals surface area contributed by atoms with Gasteiger partial charge in [0.15, 0.2) is 0 Å². The van der Waals surface area contributed by atoms with E-state index in [-0.39, 0.29) is 12.2 Å². The minimum atomic E-state index is -1.21. The van der Waals surface area contributed by atoms with E-state index in [1.807, 2.05) is 24.3 Å². The molecule has 0 heterocycles. The standard InChI is InChI=1S/C20H16O5/c1-3-11-24-20-18(21)15-5-4-6-16(17(15)19(20)22)25-12-13-7-9-14(23-2)10-8-13/h4-10,20H,12H2,1-2H3. The van der Waals surface area contributed by atoms with Gasteiger partial charge in [0.05, 0.1) is 12.7 Å². The number of benzene rings is 2. The maximum absolute atomic E-state index is 12.5. The highest BCUT2D eigenvalue weighted by atomic mass is 16.5. The quantitative estimate of drug-likeness (QED) is 0.620. The van der Waals surface area contributed by atoms with Crippen LogP contribution in [0.15, 0.2) is 42.5 Å². The average molecular weight is 336 g/mol. The average Bonchev–Trinajstić information content (AvgIpc) is 2.90. The minimum Gasteiger partial charge on any atom is -0.497 e. The Balaban J connectivity index is 1.81. The Kier molecular flexibility index (Phi) is 4.71. The van der Waals surface area contributed by atoms with Crippen molar-refractivity contribution < 1.29 is 23.8 Å². The summed E-state index contributed by atoms with van der Waals surface area (Å²) in [6.07, 6.45) is 1.12. The van der Waals surface area contributed by atoms with Gasteiger partial charge in [-0.2, -0.15) is 0 Å². The molecule has 2 aromatic rings. The maximum atomic E-state index is 12.5. The first-order valence-corrected chi connectivity index (χ1v) is 7.70. The van der Waals surface area contributed by atoms with Gasteiger partial charge in [0.1, 0.15) is 24.2 Å². The van der Waals surface area contributed by atoms with E-state index >= 15 is 0 Å². The van der Waals surface area contributed by atoms with Crippen LogP contribution in [0.4, 0.5) is 0 Å². The lowest BCUT2D eigenvalue weighted by molar-refractivity contribution is 0.0658. The van der Waals surface area contributed by atoms with E-state index < -0.39 is 17.7 Å². The molecule has 0 N–H and O–H groups in total. The summed E-state index contributed by atoms with van der Waals surface area (Å²) in [6, 6.07) is 12.4. The van der Waals surface area contributed by atoms with Crippen LogP contribution in [0, 0.1) is 12.0 Å². The van der Waals surface area contributed by atoms with Crippen LogP contribution < -0.4 is 9.47 Å². The number of carbonyl (C=O) groups excluding carboxylic acids is 2. The molecular formula is C20H16O5. The molecule has 2 aromatic carbocycles. The van der Waals surface area contributed by atoms with Gasteiger partial charge in [0.2, 0.25) is 17.7 Å². The van der Waals surface area contributed by atoms with E-state index in [4.69, 9.17) is 14.2 Å². The fourth-order valence-corrected chi connectivity index (χ4v) is 2.61. The van der Waals surface area contributed by atoms with Gasteiger partial charge in [0.25, 0.3) is 0 Å². The first-order chi connectivity index (χ1) is 12.2. The number of hydrogen-bond donors (Lipinski definition) is 0. The molecule has 1 aliphatic carbocycles. The molecule has 25 heavy (non-hydrogen) atoms. The number of methoxy groups -OCH3 is 1. The largest absolute Gasteiger partial charge is 0.497 e. The summed E-state index contributed by atoms with van der Waals surface area (Å²) in [6.45, 7) is 1.84. The van der Waals surface area contributed by atoms with Crippen LogP contribution in [0.1, 0.15) is 33.2 Å². The van der Waals surface area contributed by atoms with Gasteiger partial charge in [-0.1, -0.05) is 30.2 Å². The van der Waals surface area contributed by atoms with E-state index in [9.17, 15) is 9.59 Å². The van der Waals surface area contributed by atoms with Gasteiger partial charge in [-0.3, -0.25) is 9.59 Å². The van der Waals surface area contributed by atoms with Crippen LogP contribution in [0.5, 0.6) is 11.5 Å². The van der Waals surface area contributed by atoms with Gasteiger partial charge in [0, 0.05) is 12.5 Å². The Morgan fingerprint density at radius 2 is 1.80 bits per heavy atom. The van der Waals surface area contributed by atoms with Crippen molar-refractivity contribution in [3.63, 3.8) is 0 Å². The second-order valence-electron chi connectivity index (χ2n) is 5.39. The topological polar surface area (TPSA) is 61.8 Å². The molecule has 0 amide bonds. The van der Waals surface area contributed by atoms with Gasteiger partial charge >= 0.3 is 0 Å². The number of ketones is 2. The molecule has 0 aliphatic heterocycles. The molecule has 1 aliphatic rings. The molecule has 3 rings (SSSR count). The second kappa shape index (κ2) is 7.10. The number of fused-ring (bicyclic) bond motifs is 1. The van der Waals surface area contributed by atoms with Crippen molar-refractivity contribution in [2.24, 2.45) is 0 Å². The van der Waals surface area contributed by atoms with Crippen molar-refractivity contribution in [3.8, 4) is 23.5 Å². The molecule has 0 fully saturated rings. The summed E-state index contributed by atoms with van der Waals surface area (Å²) in [4.78, 5) is 24.8. The Hall–Kier alpha value is -3.26. The summed E-state index contributed by atoms with van der Waals surface area (Å²) in [5.74, 6) is 2.82. The molecular weight excluding hydrogens is 320 g/mol. The van der Waals surface area contributed by atoms with Crippen LogP contribution >= 0.6 is 0 Å². The van der Waals surface area contributed by atoms with Crippen LogP contribution in [0.3, 0.4) is 0 Å². The number of Topliss-reactive ketones (excluding diaryl/α,β-unsaturated/α-hetero) is 2. The molecule has 0 saturated carbocycles. The third-order valence-corrected chi connectivity index (χ3v) is 3.85. The van der Waals surface area contributed by atoms with Crippen molar-refractivity contribution in [2.75, 3.05) is 7.11 Å². The lowest BCUT2D eigenvalue weighted by Gasteiger charge is -2.10. The summed E-state index contributed by atoms with van der Waals surface area (Å²) >= 11 is 0. The zero-order chi connectivity index (χ0) is 17.8. The normalized spacial score (nSPS) is 15.2. The van der Waals surface area contributed by atoms with E-state index in [2.05, 4.69) is 12.0 Å². The first-order valence-electron chi connectivity index (χ1n) is 7.70. The zero-order valence-corrected chi connectivity index (χ0v) is 13.9. The van der Waals surface area contributed by atoms with Gasteiger partial charge < -0.3 is 14.2 Å². The molecule has 1 atom stereocenters. The van der Waals surface area contributed by atoms with Crippen LogP contribution in [0.25, 0.3) is 0 Å². The maximum Gasteiger partial charge on any atom is 0.235 e. The summed E-state index contributed by atoms with van der Waals surface area (Å²) in [5, 5.41) is 0. The van der Waals surface area contributed by atoms with Gasteiger partial charge in [-0.15, -0.1) is 0 Å². The third kappa shape index (κ3) is 3.20. The highest BCUT2D eigenvalue weighted by Gasteiger charge is 2.42. The van der Waals surface area contributed by atoms with Crippen LogP contribution in [-0.2, 0) is 11.3 Å². The molecule has 126 valence electrons. The lowest BCUT2D eigenvalue weighted by Crippen LogP contribution is -2.23. The van der Waals surface area contributed by atoms with E-state index in [0.717, 1.165) is 11.3 Å². The number of hydrogen-bond acceptors (Lipinski definition) is 5. The molecule has 0 radical (unpaired) electrons. The summed E-state index contributed by atoms with van der Waals surface area (Å²) in [7, 11) is 1.60. The lowest BCUT2D eigenvalue weighted by atomic mass is 10.1. The first kappa shape index (κ1) is 16.6. The smallest absolute Gasteiger partial charge is 0.235 e. The summed E-state index contributed by atoms with van der Waals surface area (Å²) < 4.78 is 16.0. The number of rotatable bonds is 5. The second-order valence-corrected chi connectivity index (χ2v) is 5.39. The van der Waals surface area contributed by atoms with E-state index in [1.54, 1.807) is 32.2 Å². The minimum absolute atomic E-state index is 0.254. The molecule has 0 spiro atoms. The van der Waals surface area contributed by atoms with Gasteiger partial charge in [-0.25, -0.2) is 0 Å². The van der Waals surface area contributed by atoms with Crippen molar-refractivity contribution >= 4 is 11.6 Å². The Morgan fingerprint density at radius 1 is 1.04 bits per heavy atom. The highest BCUT2D eigenvalue weighted by molar-refractivity contribution is 6.29. The SMILES string of the molecule is CC#COC1C(=O)c2cccc(OCc3ccc(OC)cc3)c2C1=O. The molecule has 0 bridgehead atoms. The Bertz CT molecular complexity index is 871. The van der Waals surface area contributed by atoms with Gasteiger partial charge in [-0.05, 0) is 23.8 Å². The predicted octanol–water partition coefficient (Wildman–Crippen LogP) is 3.02. The molecule has 1 unspecified atom stereocenters. The molecule has 0 saturated heterocycles. The van der Waals surface area contributed by atoms with Crippen molar-refractivity contribution in [1.29, 1.82) is 0 Å². The molecule has 5 nitrogen and oxygen atoms in total. The third-order valence-electron chi connectivity index (χ3n) is 3.85. The zero-order valence-electron chi connectivity index (χ0n) is 13.9. The highest BCUT2D eigenvalue weighted by Crippen LogP contribution is 2.32. The number of ether oxygens (including phenoxy) is 3. The van der Waals surface area contributed by atoms with E-state index in [1.165, 1.54) is 0 Å². The van der Waals surface area contributed by atoms with Crippen molar-refractivity contribution in [3.05, 3.63) is 59.2 Å². The van der Waals surface area contributed by atoms with Crippen LogP contribution in [0.2, 0.25) is 0 Å². The Labute approximate surface area is 145 Å². The number of carbonyl (C=O) groups is 2. The molecule has 5 heteroatoms. The molecule has 0 aromatic heterocycles. The monoisotopic (exact) mass is 336 g/mol. The fourth-order valence-electron chi connectivity index (χ4n) is 2.61. The summed E-state index contributed by atoms with van der Waals surface area (Å²) in [5.41, 5.74) is 1.48. The van der Waals surface area contributed by atoms with Crippen molar-refractivity contribution in [2.45, 2.75) is 19.6 Å².